The molecule has 0 bridgehead atoms. The molecule has 0 fully saturated rings. The number of anilines is 1. The first-order valence-corrected chi connectivity index (χ1v) is 6.08. The zero-order valence-corrected chi connectivity index (χ0v) is 11.4. The quantitative estimate of drug-likeness (QED) is 0.357. The molecular formula is C13H18N4O3. The first kappa shape index (κ1) is 15.5. The lowest BCUT2D eigenvalue weighted by Gasteiger charge is -2.12. The highest BCUT2D eigenvalue weighted by Gasteiger charge is 2.03. The van der Waals surface area contributed by atoms with E-state index in [9.17, 15) is 9.59 Å². The van der Waals surface area contributed by atoms with Crippen LogP contribution in [-0.2, 0) is 4.79 Å². The number of aliphatic imine (C=N–C) groups is 1. The predicted octanol–water partition coefficient (Wildman–Crippen LogP) is 0.508. The fourth-order valence-corrected chi connectivity index (χ4v) is 1.43. The summed E-state index contributed by atoms with van der Waals surface area (Å²) in [6, 6.07) is 6.33. The van der Waals surface area contributed by atoms with Gasteiger partial charge in [-0.1, -0.05) is 0 Å². The van der Waals surface area contributed by atoms with Crippen LogP contribution in [0.5, 0.6) is 0 Å². The summed E-state index contributed by atoms with van der Waals surface area (Å²) in [4.78, 5) is 25.5. The molecule has 0 aliphatic heterocycles. The molecule has 20 heavy (non-hydrogen) atoms. The fourth-order valence-electron chi connectivity index (χ4n) is 1.43. The number of amides is 1. The summed E-state index contributed by atoms with van der Waals surface area (Å²) in [7, 11) is 1.62. The molecule has 0 atom stereocenters. The smallest absolute Gasteiger partial charge is 0.335 e. The van der Waals surface area contributed by atoms with Gasteiger partial charge in [-0.2, -0.15) is 0 Å². The van der Waals surface area contributed by atoms with Crippen LogP contribution in [0.25, 0.3) is 0 Å². The molecule has 0 spiro atoms. The van der Waals surface area contributed by atoms with E-state index in [1.54, 1.807) is 19.2 Å². The summed E-state index contributed by atoms with van der Waals surface area (Å²) >= 11 is 0. The molecule has 0 unspecified atom stereocenters. The van der Waals surface area contributed by atoms with Crippen LogP contribution in [-0.4, -0.2) is 43.1 Å². The molecule has 0 aliphatic rings. The number of carbonyl (C=O) groups is 2. The molecule has 0 aromatic heterocycles. The number of rotatable bonds is 5. The van der Waals surface area contributed by atoms with Crippen molar-refractivity contribution in [3.63, 3.8) is 0 Å². The van der Waals surface area contributed by atoms with Gasteiger partial charge in [0.1, 0.15) is 0 Å². The van der Waals surface area contributed by atoms with Gasteiger partial charge in [0.05, 0.1) is 5.56 Å². The SMILES string of the molecule is CN=C(NCCNC(C)=O)Nc1ccc(C(=O)O)cc1. The molecule has 1 amide bonds. The third-order valence-corrected chi connectivity index (χ3v) is 2.41. The lowest BCUT2D eigenvalue weighted by molar-refractivity contribution is -0.118. The average Bonchev–Trinajstić information content (AvgIpc) is 2.42. The predicted molar refractivity (Wildman–Crippen MR) is 77.1 cm³/mol. The first-order valence-electron chi connectivity index (χ1n) is 6.08. The van der Waals surface area contributed by atoms with E-state index in [4.69, 9.17) is 5.11 Å². The van der Waals surface area contributed by atoms with Gasteiger partial charge >= 0.3 is 5.97 Å². The van der Waals surface area contributed by atoms with Crippen LogP contribution in [0.15, 0.2) is 29.3 Å². The minimum absolute atomic E-state index is 0.0843. The topological polar surface area (TPSA) is 103 Å². The molecule has 0 saturated heterocycles. The van der Waals surface area contributed by atoms with Crippen LogP contribution >= 0.6 is 0 Å². The zero-order chi connectivity index (χ0) is 15.0. The van der Waals surface area contributed by atoms with Crippen molar-refractivity contribution in [3.05, 3.63) is 29.8 Å². The van der Waals surface area contributed by atoms with E-state index in [2.05, 4.69) is 20.9 Å². The van der Waals surface area contributed by atoms with Gasteiger partial charge < -0.3 is 21.1 Å². The number of hydrogen-bond acceptors (Lipinski definition) is 3. The normalized spacial score (nSPS) is 10.8. The summed E-state index contributed by atoms with van der Waals surface area (Å²) in [5.41, 5.74) is 0.951. The number of benzene rings is 1. The van der Waals surface area contributed by atoms with Gasteiger partial charge in [0, 0.05) is 32.7 Å². The van der Waals surface area contributed by atoms with Crippen molar-refractivity contribution in [2.75, 3.05) is 25.5 Å². The van der Waals surface area contributed by atoms with Gasteiger partial charge in [0.15, 0.2) is 5.96 Å². The van der Waals surface area contributed by atoms with Crippen molar-refractivity contribution in [3.8, 4) is 0 Å². The Morgan fingerprint density at radius 3 is 2.25 bits per heavy atom. The Morgan fingerprint density at radius 1 is 1.15 bits per heavy atom. The second kappa shape index (κ2) is 7.78. The van der Waals surface area contributed by atoms with E-state index in [1.165, 1.54) is 19.1 Å². The first-order chi connectivity index (χ1) is 9.52. The maximum Gasteiger partial charge on any atom is 0.335 e. The van der Waals surface area contributed by atoms with Crippen LogP contribution in [0.3, 0.4) is 0 Å². The summed E-state index contributed by atoms with van der Waals surface area (Å²) < 4.78 is 0. The Hall–Kier alpha value is -2.57. The van der Waals surface area contributed by atoms with E-state index in [0.29, 0.717) is 19.0 Å². The van der Waals surface area contributed by atoms with Gasteiger partial charge in [0.25, 0.3) is 0 Å². The van der Waals surface area contributed by atoms with Gasteiger partial charge in [-0.15, -0.1) is 0 Å². The maximum absolute atomic E-state index is 10.7. The highest BCUT2D eigenvalue weighted by Crippen LogP contribution is 2.09. The lowest BCUT2D eigenvalue weighted by Crippen LogP contribution is -2.37. The monoisotopic (exact) mass is 278 g/mol. The lowest BCUT2D eigenvalue weighted by atomic mass is 10.2. The minimum Gasteiger partial charge on any atom is -0.478 e. The summed E-state index contributed by atoms with van der Waals surface area (Å²) in [5, 5.41) is 17.5. The number of carbonyl (C=O) groups excluding carboxylic acids is 1. The second-order valence-electron chi connectivity index (χ2n) is 3.99. The molecule has 0 heterocycles. The number of hydrogen-bond donors (Lipinski definition) is 4. The highest BCUT2D eigenvalue weighted by atomic mass is 16.4. The van der Waals surface area contributed by atoms with Crippen molar-refractivity contribution in [2.45, 2.75) is 6.92 Å². The number of carboxylic acids is 1. The van der Waals surface area contributed by atoms with Crippen molar-refractivity contribution in [1.29, 1.82) is 0 Å². The Labute approximate surface area is 117 Å². The molecule has 1 rings (SSSR count). The third kappa shape index (κ3) is 5.38. The molecular weight excluding hydrogens is 260 g/mol. The van der Waals surface area contributed by atoms with E-state index in [1.807, 2.05) is 0 Å². The van der Waals surface area contributed by atoms with Crippen molar-refractivity contribution < 1.29 is 14.7 Å². The van der Waals surface area contributed by atoms with Crippen molar-refractivity contribution in [1.82, 2.24) is 10.6 Å². The van der Waals surface area contributed by atoms with Gasteiger partial charge in [-0.05, 0) is 24.3 Å². The number of nitrogens with one attached hydrogen (secondary N) is 3. The number of nitrogens with zero attached hydrogens (tertiary/aromatic N) is 1. The molecule has 1 aromatic rings. The Kier molecular flexibility index (Phi) is 6.02. The molecule has 108 valence electrons. The third-order valence-electron chi connectivity index (χ3n) is 2.41. The average molecular weight is 278 g/mol. The highest BCUT2D eigenvalue weighted by molar-refractivity contribution is 5.94. The van der Waals surface area contributed by atoms with Crippen LogP contribution < -0.4 is 16.0 Å². The molecule has 0 radical (unpaired) electrons. The molecule has 7 heteroatoms. The standard InChI is InChI=1S/C13H18N4O3/c1-9(18)15-7-8-16-13(14-2)17-11-5-3-10(4-6-11)12(19)20/h3-6H,7-8H2,1-2H3,(H,15,18)(H,19,20)(H2,14,16,17). The summed E-state index contributed by atoms with van der Waals surface area (Å²) in [6.45, 7) is 2.48. The molecule has 0 aliphatic carbocycles. The second-order valence-corrected chi connectivity index (χ2v) is 3.99. The van der Waals surface area contributed by atoms with Crippen molar-refractivity contribution in [2.24, 2.45) is 4.99 Å². The van der Waals surface area contributed by atoms with Crippen LogP contribution in [0.2, 0.25) is 0 Å². The Morgan fingerprint density at radius 2 is 1.75 bits per heavy atom. The van der Waals surface area contributed by atoms with Gasteiger partial charge in [0.2, 0.25) is 5.91 Å². The van der Waals surface area contributed by atoms with E-state index in [-0.39, 0.29) is 11.5 Å². The van der Waals surface area contributed by atoms with Crippen LogP contribution in [0, 0.1) is 0 Å². The Bertz CT molecular complexity index is 497. The van der Waals surface area contributed by atoms with E-state index in [0.717, 1.165) is 5.69 Å². The van der Waals surface area contributed by atoms with Crippen LogP contribution in [0.1, 0.15) is 17.3 Å². The number of carboxylic acid groups (broad SMARTS) is 1. The molecule has 7 nitrogen and oxygen atoms in total. The molecule has 0 saturated carbocycles. The fraction of sp³-hybridized carbons (Fsp3) is 0.308. The van der Waals surface area contributed by atoms with Gasteiger partial charge in [-0.3, -0.25) is 9.79 Å². The number of aromatic carboxylic acids is 1. The van der Waals surface area contributed by atoms with Crippen LogP contribution in [0.4, 0.5) is 5.69 Å². The summed E-state index contributed by atoms with van der Waals surface area (Å²) in [6.07, 6.45) is 0. The molecule has 4 N–H and O–H groups in total. The number of guanidine groups is 1. The molecule has 1 aromatic carbocycles. The van der Waals surface area contributed by atoms with E-state index < -0.39 is 5.97 Å². The van der Waals surface area contributed by atoms with Crippen molar-refractivity contribution >= 4 is 23.5 Å². The van der Waals surface area contributed by atoms with Gasteiger partial charge in [-0.25, -0.2) is 4.79 Å². The summed E-state index contributed by atoms with van der Waals surface area (Å²) in [5.74, 6) is -0.508. The Balaban J connectivity index is 2.48. The maximum atomic E-state index is 10.7. The minimum atomic E-state index is -0.964. The zero-order valence-electron chi connectivity index (χ0n) is 11.4. The van der Waals surface area contributed by atoms with E-state index >= 15 is 0 Å². The largest absolute Gasteiger partial charge is 0.478 e.